The molecule has 1 heterocycles. The largest absolute Gasteiger partial charge is 0.478 e. The zero-order valence-corrected chi connectivity index (χ0v) is 11.7. The lowest BCUT2D eigenvalue weighted by Gasteiger charge is -2.07. The zero-order valence-electron chi connectivity index (χ0n) is 9.45. The summed E-state index contributed by atoms with van der Waals surface area (Å²) in [6.45, 7) is 2.37. The Morgan fingerprint density at radius 2 is 1.89 bits per heavy atom. The highest BCUT2D eigenvalue weighted by atomic mass is 35.5. The molecule has 0 aliphatic heterocycles. The molecule has 3 nitrogen and oxygen atoms in total. The highest BCUT2D eigenvalue weighted by molar-refractivity contribution is 6.36. The summed E-state index contributed by atoms with van der Waals surface area (Å²) in [5.74, 6) is 0.825. The van der Waals surface area contributed by atoms with Gasteiger partial charge in [0.15, 0.2) is 5.82 Å². The number of rotatable bonds is 3. The molecule has 18 heavy (non-hydrogen) atoms. The zero-order chi connectivity index (χ0) is 13.1. The molecular weight excluding hydrogens is 295 g/mol. The fourth-order valence-electron chi connectivity index (χ4n) is 1.41. The van der Waals surface area contributed by atoms with E-state index in [2.05, 4.69) is 9.97 Å². The first-order valence-corrected chi connectivity index (χ1v) is 6.36. The molecule has 1 aromatic carbocycles. The van der Waals surface area contributed by atoms with Crippen LogP contribution in [0.25, 0.3) is 11.4 Å². The van der Waals surface area contributed by atoms with Gasteiger partial charge in [-0.3, -0.25) is 0 Å². The van der Waals surface area contributed by atoms with Crippen LogP contribution >= 0.6 is 34.8 Å². The minimum Gasteiger partial charge on any atom is -0.478 e. The van der Waals surface area contributed by atoms with Gasteiger partial charge in [0.25, 0.3) is 0 Å². The summed E-state index contributed by atoms with van der Waals surface area (Å²) in [5.41, 5.74) is 0.657. The Morgan fingerprint density at radius 1 is 1.11 bits per heavy atom. The summed E-state index contributed by atoms with van der Waals surface area (Å²) in [7, 11) is 0. The maximum atomic E-state index is 6.10. The van der Waals surface area contributed by atoms with E-state index in [-0.39, 0.29) is 0 Å². The van der Waals surface area contributed by atoms with Gasteiger partial charge in [0.1, 0.15) is 5.15 Å². The third kappa shape index (κ3) is 3.05. The summed E-state index contributed by atoms with van der Waals surface area (Å²) in [6, 6.07) is 6.64. The summed E-state index contributed by atoms with van der Waals surface area (Å²) in [6.07, 6.45) is 0. The number of benzene rings is 1. The van der Waals surface area contributed by atoms with Crippen molar-refractivity contribution in [2.75, 3.05) is 6.61 Å². The van der Waals surface area contributed by atoms with Crippen LogP contribution in [-0.2, 0) is 0 Å². The van der Waals surface area contributed by atoms with Crippen molar-refractivity contribution < 1.29 is 4.74 Å². The molecule has 0 saturated heterocycles. The van der Waals surface area contributed by atoms with Crippen LogP contribution < -0.4 is 4.74 Å². The maximum Gasteiger partial charge on any atom is 0.218 e. The SMILES string of the molecule is CCOc1cc(Cl)nc(-c2ccc(Cl)cc2Cl)n1. The Bertz CT molecular complexity index is 575. The monoisotopic (exact) mass is 302 g/mol. The molecule has 94 valence electrons. The minimum absolute atomic E-state index is 0.300. The maximum absolute atomic E-state index is 6.10. The number of hydrogen-bond acceptors (Lipinski definition) is 3. The highest BCUT2D eigenvalue weighted by Gasteiger charge is 2.10. The topological polar surface area (TPSA) is 35.0 Å². The van der Waals surface area contributed by atoms with Crippen molar-refractivity contribution in [2.24, 2.45) is 0 Å². The van der Waals surface area contributed by atoms with E-state index in [4.69, 9.17) is 39.5 Å². The smallest absolute Gasteiger partial charge is 0.218 e. The van der Waals surface area contributed by atoms with Crippen LogP contribution in [-0.4, -0.2) is 16.6 Å². The van der Waals surface area contributed by atoms with Gasteiger partial charge in [-0.15, -0.1) is 0 Å². The van der Waals surface area contributed by atoms with Gasteiger partial charge in [0, 0.05) is 16.7 Å². The van der Waals surface area contributed by atoms with Crippen molar-refractivity contribution in [2.45, 2.75) is 6.92 Å². The second-order valence-electron chi connectivity index (χ2n) is 3.41. The Balaban J connectivity index is 2.49. The first-order valence-electron chi connectivity index (χ1n) is 5.23. The normalized spacial score (nSPS) is 10.4. The van der Waals surface area contributed by atoms with Gasteiger partial charge >= 0.3 is 0 Å². The minimum atomic E-state index is 0.300. The number of nitrogens with zero attached hydrogens (tertiary/aromatic N) is 2. The molecule has 0 saturated carbocycles. The predicted molar refractivity (Wildman–Crippen MR) is 73.7 cm³/mol. The summed E-state index contributed by atoms with van der Waals surface area (Å²) in [4.78, 5) is 8.36. The van der Waals surface area contributed by atoms with Gasteiger partial charge in [0.05, 0.1) is 11.6 Å². The third-order valence-electron chi connectivity index (χ3n) is 2.14. The van der Waals surface area contributed by atoms with E-state index in [0.717, 1.165) is 0 Å². The van der Waals surface area contributed by atoms with Crippen molar-refractivity contribution in [3.05, 3.63) is 39.5 Å². The number of aromatic nitrogens is 2. The molecule has 0 amide bonds. The standard InChI is InChI=1S/C12H9Cl3N2O/c1-2-18-11-6-10(15)16-12(17-11)8-4-3-7(13)5-9(8)14/h3-6H,2H2,1H3. The van der Waals surface area contributed by atoms with Gasteiger partial charge < -0.3 is 4.74 Å². The summed E-state index contributed by atoms with van der Waals surface area (Å²) < 4.78 is 5.31. The lowest BCUT2D eigenvalue weighted by Crippen LogP contribution is -1.98. The lowest BCUT2D eigenvalue weighted by atomic mass is 10.2. The fourth-order valence-corrected chi connectivity index (χ4v) is 2.08. The van der Waals surface area contributed by atoms with Crippen LogP contribution in [0.15, 0.2) is 24.3 Å². The lowest BCUT2D eigenvalue weighted by molar-refractivity contribution is 0.326. The van der Waals surface area contributed by atoms with Gasteiger partial charge in [-0.2, -0.15) is 4.98 Å². The van der Waals surface area contributed by atoms with Gasteiger partial charge in [-0.25, -0.2) is 4.98 Å². The van der Waals surface area contributed by atoms with E-state index in [0.29, 0.717) is 39.1 Å². The van der Waals surface area contributed by atoms with Crippen molar-refractivity contribution in [3.8, 4) is 17.3 Å². The molecule has 0 bridgehead atoms. The van der Waals surface area contributed by atoms with E-state index in [1.54, 1.807) is 24.3 Å². The Labute approximate surface area is 120 Å². The molecule has 2 aromatic rings. The van der Waals surface area contributed by atoms with Crippen molar-refractivity contribution in [1.82, 2.24) is 9.97 Å². The third-order valence-corrected chi connectivity index (χ3v) is 2.88. The quantitative estimate of drug-likeness (QED) is 0.783. The second-order valence-corrected chi connectivity index (χ2v) is 4.64. The molecule has 0 radical (unpaired) electrons. The Hall–Kier alpha value is -1.03. The number of halogens is 3. The molecule has 0 aliphatic rings. The van der Waals surface area contributed by atoms with E-state index in [1.165, 1.54) is 0 Å². The van der Waals surface area contributed by atoms with E-state index >= 15 is 0 Å². The molecule has 1 aromatic heterocycles. The van der Waals surface area contributed by atoms with Crippen molar-refractivity contribution in [1.29, 1.82) is 0 Å². The summed E-state index contributed by atoms with van der Waals surface area (Å²) in [5, 5.41) is 1.32. The van der Waals surface area contributed by atoms with Crippen LogP contribution in [0.2, 0.25) is 15.2 Å². The fraction of sp³-hybridized carbons (Fsp3) is 0.167. The number of hydrogen-bond donors (Lipinski definition) is 0. The van der Waals surface area contributed by atoms with Gasteiger partial charge in [-0.05, 0) is 25.1 Å². The van der Waals surface area contributed by atoms with Crippen LogP contribution in [0.3, 0.4) is 0 Å². The molecule has 0 N–H and O–H groups in total. The molecule has 0 spiro atoms. The second kappa shape index (κ2) is 5.74. The first kappa shape index (κ1) is 13.4. The van der Waals surface area contributed by atoms with Crippen LogP contribution in [0.5, 0.6) is 5.88 Å². The first-order chi connectivity index (χ1) is 8.60. The molecular formula is C12H9Cl3N2O. The number of ether oxygens (including phenoxy) is 1. The van der Waals surface area contributed by atoms with E-state index in [9.17, 15) is 0 Å². The molecule has 2 rings (SSSR count). The average Bonchev–Trinajstić information content (AvgIpc) is 2.28. The van der Waals surface area contributed by atoms with Crippen LogP contribution in [0.1, 0.15) is 6.92 Å². The van der Waals surface area contributed by atoms with Crippen LogP contribution in [0.4, 0.5) is 0 Å². The van der Waals surface area contributed by atoms with Crippen molar-refractivity contribution in [3.63, 3.8) is 0 Å². The van der Waals surface area contributed by atoms with Gasteiger partial charge in [-0.1, -0.05) is 34.8 Å². The van der Waals surface area contributed by atoms with E-state index < -0.39 is 0 Å². The van der Waals surface area contributed by atoms with E-state index in [1.807, 2.05) is 6.92 Å². The Kier molecular flexibility index (Phi) is 4.27. The van der Waals surface area contributed by atoms with Crippen LogP contribution in [0, 0.1) is 0 Å². The molecule has 6 heteroatoms. The van der Waals surface area contributed by atoms with Gasteiger partial charge in [0.2, 0.25) is 5.88 Å². The predicted octanol–water partition coefficient (Wildman–Crippen LogP) is 4.50. The molecule has 0 aliphatic carbocycles. The molecule has 0 atom stereocenters. The Morgan fingerprint density at radius 3 is 2.56 bits per heavy atom. The highest BCUT2D eigenvalue weighted by Crippen LogP contribution is 2.30. The molecule has 0 unspecified atom stereocenters. The molecule has 0 fully saturated rings. The van der Waals surface area contributed by atoms with Crippen molar-refractivity contribution >= 4 is 34.8 Å². The average molecular weight is 304 g/mol. The summed E-state index contributed by atoms with van der Waals surface area (Å²) >= 11 is 17.9.